The number of nitrogens with zero attached hydrogens (tertiary/aromatic N) is 2. The molecule has 5 nitrogen and oxygen atoms in total. The van der Waals surface area contributed by atoms with Crippen LogP contribution in [0.2, 0.25) is 0 Å². The highest BCUT2D eigenvalue weighted by Crippen LogP contribution is 2.26. The highest BCUT2D eigenvalue weighted by atomic mass is 19.1. The molecule has 0 radical (unpaired) electrons. The lowest BCUT2D eigenvalue weighted by atomic mass is 9.88. The molecule has 1 aliphatic carbocycles. The van der Waals surface area contributed by atoms with Crippen LogP contribution < -0.4 is 10.6 Å². The number of carbonyl (C=O) groups excluding carboxylic acids is 1. The van der Waals surface area contributed by atoms with Crippen molar-refractivity contribution in [3.05, 3.63) is 35.4 Å². The van der Waals surface area contributed by atoms with E-state index in [0.717, 1.165) is 50.8 Å². The van der Waals surface area contributed by atoms with Crippen molar-refractivity contribution in [2.75, 3.05) is 26.2 Å². The maximum Gasteiger partial charge on any atom is 0.225 e. The molecule has 1 saturated heterocycles. The van der Waals surface area contributed by atoms with E-state index in [1.165, 1.54) is 12.5 Å². The lowest BCUT2D eigenvalue weighted by molar-refractivity contribution is -0.135. The van der Waals surface area contributed by atoms with E-state index in [-0.39, 0.29) is 12.0 Å². The van der Waals surface area contributed by atoms with Gasteiger partial charge >= 0.3 is 0 Å². The largest absolute Gasteiger partial charge is 0.357 e. The summed E-state index contributed by atoms with van der Waals surface area (Å²) in [6.07, 6.45) is 6.83. The number of rotatable bonds is 6. The fourth-order valence-electron chi connectivity index (χ4n) is 4.22. The van der Waals surface area contributed by atoms with Gasteiger partial charge in [-0.2, -0.15) is 0 Å². The van der Waals surface area contributed by atoms with Crippen molar-refractivity contribution in [1.82, 2.24) is 15.5 Å². The zero-order valence-electron chi connectivity index (χ0n) is 17.2. The number of aliphatic imine (C=N–C) groups is 1. The quantitative estimate of drug-likeness (QED) is 0.563. The molecule has 1 aromatic rings. The molecule has 2 aliphatic rings. The Morgan fingerprint density at radius 1 is 1.21 bits per heavy atom. The van der Waals surface area contributed by atoms with Crippen LogP contribution in [0.1, 0.15) is 51.0 Å². The third kappa shape index (κ3) is 6.15. The maximum absolute atomic E-state index is 13.8. The predicted octanol–water partition coefficient (Wildman–Crippen LogP) is 3.24. The topological polar surface area (TPSA) is 56.7 Å². The summed E-state index contributed by atoms with van der Waals surface area (Å²) in [6.45, 7) is 4.51. The van der Waals surface area contributed by atoms with Crippen molar-refractivity contribution in [1.29, 1.82) is 0 Å². The van der Waals surface area contributed by atoms with E-state index in [1.807, 2.05) is 11.8 Å². The average molecular weight is 407 g/mol. The summed E-state index contributed by atoms with van der Waals surface area (Å²) in [5.41, 5.74) is 0.328. The number of hydrogen-bond acceptors (Lipinski definition) is 2. The minimum Gasteiger partial charge on any atom is -0.357 e. The van der Waals surface area contributed by atoms with E-state index in [1.54, 1.807) is 0 Å². The average Bonchev–Trinajstić information content (AvgIpc) is 3.19. The van der Waals surface area contributed by atoms with Crippen molar-refractivity contribution in [2.45, 2.75) is 57.9 Å². The SMILES string of the molecule is CCNC(=NCCc1cc(F)ccc1F)NC1CCN(C(=O)C2CCCCC2)C1. The second-order valence-electron chi connectivity index (χ2n) is 8.00. The molecule has 1 aliphatic heterocycles. The fraction of sp³-hybridized carbons (Fsp3) is 0.636. The normalized spacial score (nSPS) is 20.7. The van der Waals surface area contributed by atoms with Crippen molar-refractivity contribution in [3.63, 3.8) is 0 Å². The molecule has 0 spiro atoms. The fourth-order valence-corrected chi connectivity index (χ4v) is 4.22. The number of carbonyl (C=O) groups is 1. The molecule has 1 aromatic carbocycles. The smallest absolute Gasteiger partial charge is 0.225 e. The molecule has 1 heterocycles. The number of likely N-dealkylation sites (tertiary alicyclic amines) is 1. The van der Waals surface area contributed by atoms with Gasteiger partial charge in [-0.3, -0.25) is 9.79 Å². The van der Waals surface area contributed by atoms with Gasteiger partial charge in [-0.1, -0.05) is 19.3 Å². The van der Waals surface area contributed by atoms with Gasteiger partial charge in [0.2, 0.25) is 5.91 Å². The van der Waals surface area contributed by atoms with E-state index in [0.29, 0.717) is 43.5 Å². The van der Waals surface area contributed by atoms with Gasteiger partial charge in [0.25, 0.3) is 0 Å². The summed E-state index contributed by atoms with van der Waals surface area (Å²) in [4.78, 5) is 19.2. The molecule has 3 rings (SSSR count). The van der Waals surface area contributed by atoms with Gasteiger partial charge in [-0.25, -0.2) is 8.78 Å². The van der Waals surface area contributed by atoms with Gasteiger partial charge in [0.15, 0.2) is 5.96 Å². The number of benzene rings is 1. The summed E-state index contributed by atoms with van der Waals surface area (Å²) in [5.74, 6) is 0.306. The van der Waals surface area contributed by atoms with E-state index in [2.05, 4.69) is 15.6 Å². The Hall–Kier alpha value is -2.18. The Balaban J connectivity index is 1.51. The Morgan fingerprint density at radius 2 is 2.00 bits per heavy atom. The first-order valence-electron chi connectivity index (χ1n) is 10.8. The lowest BCUT2D eigenvalue weighted by Gasteiger charge is -2.26. The second kappa shape index (κ2) is 10.6. The summed E-state index contributed by atoms with van der Waals surface area (Å²) < 4.78 is 27.1. The lowest BCUT2D eigenvalue weighted by Crippen LogP contribution is -2.45. The Labute approximate surface area is 172 Å². The van der Waals surface area contributed by atoms with Crippen LogP contribution in [0.5, 0.6) is 0 Å². The van der Waals surface area contributed by atoms with Crippen LogP contribution in [0.15, 0.2) is 23.2 Å². The molecule has 29 heavy (non-hydrogen) atoms. The second-order valence-corrected chi connectivity index (χ2v) is 8.00. The summed E-state index contributed by atoms with van der Waals surface area (Å²) in [5, 5.41) is 6.59. The van der Waals surface area contributed by atoms with Crippen LogP contribution >= 0.6 is 0 Å². The zero-order valence-corrected chi connectivity index (χ0v) is 17.2. The number of hydrogen-bond donors (Lipinski definition) is 2. The van der Waals surface area contributed by atoms with Crippen LogP contribution in [-0.4, -0.2) is 49.0 Å². The monoisotopic (exact) mass is 406 g/mol. The Bertz CT molecular complexity index is 719. The molecule has 0 aromatic heterocycles. The number of guanidine groups is 1. The van der Waals surface area contributed by atoms with Crippen LogP contribution in [-0.2, 0) is 11.2 Å². The highest BCUT2D eigenvalue weighted by molar-refractivity contribution is 5.81. The van der Waals surface area contributed by atoms with Gasteiger partial charge in [-0.15, -0.1) is 0 Å². The molecule has 1 amide bonds. The van der Waals surface area contributed by atoms with E-state index in [4.69, 9.17) is 0 Å². The molecule has 1 saturated carbocycles. The molecule has 160 valence electrons. The van der Waals surface area contributed by atoms with E-state index in [9.17, 15) is 13.6 Å². The van der Waals surface area contributed by atoms with Gasteiger partial charge in [0.05, 0.1) is 0 Å². The van der Waals surface area contributed by atoms with Crippen molar-refractivity contribution in [3.8, 4) is 0 Å². The highest BCUT2D eigenvalue weighted by Gasteiger charge is 2.31. The summed E-state index contributed by atoms with van der Waals surface area (Å²) in [6, 6.07) is 3.64. The first kappa shape index (κ1) is 21.5. The van der Waals surface area contributed by atoms with Crippen LogP contribution in [0.3, 0.4) is 0 Å². The molecule has 1 atom stereocenters. The number of halogens is 2. The first-order valence-corrected chi connectivity index (χ1v) is 10.8. The van der Waals surface area contributed by atoms with Gasteiger partial charge in [0, 0.05) is 38.1 Å². The Morgan fingerprint density at radius 3 is 2.76 bits per heavy atom. The van der Waals surface area contributed by atoms with E-state index >= 15 is 0 Å². The standard InChI is InChI=1S/C22H32F2N4O/c1-2-25-22(26-12-10-17-14-18(23)8-9-20(17)24)27-19-11-13-28(15-19)21(29)16-6-4-3-5-7-16/h8-9,14,16,19H,2-7,10-13,15H2,1H3,(H2,25,26,27). The van der Waals surface area contributed by atoms with Crippen molar-refractivity contribution >= 4 is 11.9 Å². The van der Waals surface area contributed by atoms with Crippen molar-refractivity contribution in [2.24, 2.45) is 10.9 Å². The summed E-state index contributed by atoms with van der Waals surface area (Å²) in [7, 11) is 0. The maximum atomic E-state index is 13.8. The molecular formula is C22H32F2N4O. The number of nitrogens with one attached hydrogen (secondary N) is 2. The molecule has 0 bridgehead atoms. The first-order chi connectivity index (χ1) is 14.1. The third-order valence-corrected chi connectivity index (χ3v) is 5.80. The van der Waals surface area contributed by atoms with E-state index < -0.39 is 11.6 Å². The molecule has 1 unspecified atom stereocenters. The van der Waals surface area contributed by atoms with Crippen LogP contribution in [0.4, 0.5) is 8.78 Å². The third-order valence-electron chi connectivity index (χ3n) is 5.80. The van der Waals surface area contributed by atoms with Gasteiger partial charge in [-0.05, 0) is 56.4 Å². The summed E-state index contributed by atoms with van der Waals surface area (Å²) >= 11 is 0. The molecular weight excluding hydrogens is 374 g/mol. The van der Waals surface area contributed by atoms with Crippen molar-refractivity contribution < 1.29 is 13.6 Å². The van der Waals surface area contributed by atoms with Gasteiger partial charge < -0.3 is 15.5 Å². The molecule has 7 heteroatoms. The predicted molar refractivity (Wildman–Crippen MR) is 111 cm³/mol. The zero-order chi connectivity index (χ0) is 20.6. The Kier molecular flexibility index (Phi) is 7.83. The van der Waals surface area contributed by atoms with Crippen LogP contribution in [0.25, 0.3) is 0 Å². The number of amides is 1. The minimum absolute atomic E-state index is 0.159. The minimum atomic E-state index is -0.441. The molecule has 2 N–H and O–H groups in total. The van der Waals surface area contributed by atoms with Crippen LogP contribution in [0, 0.1) is 17.6 Å². The van der Waals surface area contributed by atoms with Gasteiger partial charge in [0.1, 0.15) is 11.6 Å². The molecule has 2 fully saturated rings.